The molecule has 0 atom stereocenters. The Bertz CT molecular complexity index is 1190. The van der Waals surface area contributed by atoms with E-state index in [-0.39, 0.29) is 18.0 Å². The van der Waals surface area contributed by atoms with Gasteiger partial charge in [-0.3, -0.25) is 4.79 Å². The zero-order valence-corrected chi connectivity index (χ0v) is 17.0. The molecule has 3 aromatic carbocycles. The third-order valence-electron chi connectivity index (χ3n) is 4.50. The first-order valence-electron chi connectivity index (χ1n) is 9.75. The number of carbonyl (C=O) groups is 1. The average Bonchev–Trinajstić information content (AvgIpc) is 2.82. The van der Waals surface area contributed by atoms with Crippen LogP contribution in [-0.2, 0) is 6.61 Å². The van der Waals surface area contributed by atoms with Crippen molar-refractivity contribution in [3.63, 3.8) is 0 Å². The van der Waals surface area contributed by atoms with Crippen LogP contribution < -0.4 is 9.47 Å². The minimum Gasteiger partial charge on any atom is -0.490 e. The first-order valence-corrected chi connectivity index (χ1v) is 9.75. The van der Waals surface area contributed by atoms with Gasteiger partial charge in [0.15, 0.2) is 11.5 Å². The molecule has 0 fully saturated rings. The van der Waals surface area contributed by atoms with Crippen LogP contribution in [0.5, 0.6) is 11.5 Å². The Balaban J connectivity index is 1.85. The summed E-state index contributed by atoms with van der Waals surface area (Å²) in [6, 6.07) is 25.3. The van der Waals surface area contributed by atoms with Crippen LogP contribution in [0.2, 0.25) is 0 Å². The molecule has 3 rings (SSSR count). The summed E-state index contributed by atoms with van der Waals surface area (Å²) in [5, 5.41) is 18.7. The molecule has 0 unspecified atom stereocenters. The molecule has 0 saturated carbocycles. The molecular weight excluding hydrogens is 388 g/mol. The van der Waals surface area contributed by atoms with Crippen LogP contribution in [0, 0.1) is 22.7 Å². The van der Waals surface area contributed by atoms with E-state index in [1.54, 1.807) is 54.6 Å². The van der Waals surface area contributed by atoms with Gasteiger partial charge < -0.3 is 9.47 Å². The molecule has 0 aliphatic carbocycles. The lowest BCUT2D eigenvalue weighted by molar-refractivity contribution is 0.104. The fraction of sp³-hybridized carbons (Fsp3) is 0.115. The summed E-state index contributed by atoms with van der Waals surface area (Å²) in [7, 11) is 0. The summed E-state index contributed by atoms with van der Waals surface area (Å²) in [4.78, 5) is 12.6. The van der Waals surface area contributed by atoms with Gasteiger partial charge in [-0.05, 0) is 36.8 Å². The highest BCUT2D eigenvalue weighted by molar-refractivity contribution is 6.14. The van der Waals surface area contributed by atoms with Gasteiger partial charge in [-0.25, -0.2) is 0 Å². The number of hydrogen-bond acceptors (Lipinski definition) is 5. The zero-order chi connectivity index (χ0) is 22.1. The number of ether oxygens (including phenoxy) is 2. The molecule has 0 N–H and O–H groups in total. The number of Topliss-reactive ketones (excluding diaryl/α,β-unsaturated/α-hetero) is 1. The molecular formula is C26H20N2O3. The number of carbonyl (C=O) groups excluding carboxylic acids is 1. The van der Waals surface area contributed by atoms with E-state index in [0.717, 1.165) is 5.56 Å². The Morgan fingerprint density at radius 2 is 1.68 bits per heavy atom. The van der Waals surface area contributed by atoms with Crippen molar-refractivity contribution in [1.29, 1.82) is 10.5 Å². The van der Waals surface area contributed by atoms with Crippen molar-refractivity contribution in [3.05, 3.63) is 101 Å². The van der Waals surface area contributed by atoms with Crippen molar-refractivity contribution < 1.29 is 14.3 Å². The third-order valence-corrected chi connectivity index (χ3v) is 4.50. The van der Waals surface area contributed by atoms with E-state index >= 15 is 0 Å². The average molecular weight is 408 g/mol. The summed E-state index contributed by atoms with van der Waals surface area (Å²) in [5.41, 5.74) is 2.46. The first-order chi connectivity index (χ1) is 15.2. The number of allylic oxidation sites excluding steroid dienone is 1. The van der Waals surface area contributed by atoms with Crippen LogP contribution in [0.25, 0.3) is 6.08 Å². The van der Waals surface area contributed by atoms with Gasteiger partial charge in [0.05, 0.1) is 18.2 Å². The lowest BCUT2D eigenvalue weighted by Crippen LogP contribution is -2.02. The molecule has 152 valence electrons. The van der Waals surface area contributed by atoms with E-state index in [9.17, 15) is 15.3 Å². The second kappa shape index (κ2) is 10.4. The molecule has 0 radical (unpaired) electrons. The van der Waals surface area contributed by atoms with Crippen molar-refractivity contribution in [2.45, 2.75) is 13.5 Å². The molecule has 0 aliphatic heterocycles. The highest BCUT2D eigenvalue weighted by atomic mass is 16.5. The lowest BCUT2D eigenvalue weighted by atomic mass is 10.0. The summed E-state index contributed by atoms with van der Waals surface area (Å²) in [6.07, 6.45) is 1.53. The summed E-state index contributed by atoms with van der Waals surface area (Å²) in [6.45, 7) is 2.50. The monoisotopic (exact) mass is 408 g/mol. The minimum atomic E-state index is -0.338. The molecule has 0 saturated heterocycles. The quantitative estimate of drug-likeness (QED) is 0.286. The predicted molar refractivity (Wildman–Crippen MR) is 117 cm³/mol. The Morgan fingerprint density at radius 3 is 2.39 bits per heavy atom. The molecule has 0 bridgehead atoms. The van der Waals surface area contributed by atoms with Gasteiger partial charge in [0.1, 0.15) is 18.2 Å². The van der Waals surface area contributed by atoms with Crippen LogP contribution in [0.15, 0.2) is 78.4 Å². The smallest absolute Gasteiger partial charge is 0.203 e. The van der Waals surface area contributed by atoms with Crippen molar-refractivity contribution in [1.82, 2.24) is 0 Å². The molecule has 0 amide bonds. The van der Waals surface area contributed by atoms with Crippen LogP contribution >= 0.6 is 0 Å². The fourth-order valence-corrected chi connectivity index (χ4v) is 2.97. The number of ketones is 1. The first kappa shape index (κ1) is 21.4. The van der Waals surface area contributed by atoms with Gasteiger partial charge in [0.25, 0.3) is 0 Å². The van der Waals surface area contributed by atoms with Gasteiger partial charge in [-0.15, -0.1) is 0 Å². The van der Waals surface area contributed by atoms with Crippen LogP contribution in [0.1, 0.15) is 34.0 Å². The minimum absolute atomic E-state index is 0.0327. The van der Waals surface area contributed by atoms with E-state index in [4.69, 9.17) is 9.47 Å². The normalized spacial score (nSPS) is 10.6. The Hall–Kier alpha value is -4.35. The second-order valence-electron chi connectivity index (χ2n) is 6.56. The molecule has 3 aromatic rings. The van der Waals surface area contributed by atoms with Crippen molar-refractivity contribution >= 4 is 11.9 Å². The van der Waals surface area contributed by atoms with Crippen molar-refractivity contribution in [2.75, 3.05) is 6.61 Å². The van der Waals surface area contributed by atoms with E-state index < -0.39 is 0 Å². The van der Waals surface area contributed by atoms with Crippen LogP contribution in [0.3, 0.4) is 0 Å². The molecule has 0 aliphatic rings. The molecule has 5 nitrogen and oxygen atoms in total. The highest BCUT2D eigenvalue weighted by Crippen LogP contribution is 2.30. The van der Waals surface area contributed by atoms with Gasteiger partial charge >= 0.3 is 0 Å². The molecule has 0 spiro atoms. The van der Waals surface area contributed by atoms with E-state index in [1.165, 1.54) is 6.08 Å². The van der Waals surface area contributed by atoms with Gasteiger partial charge in [0, 0.05) is 11.1 Å². The summed E-state index contributed by atoms with van der Waals surface area (Å²) < 4.78 is 11.6. The third kappa shape index (κ3) is 5.38. The molecule has 5 heteroatoms. The lowest BCUT2D eigenvalue weighted by Gasteiger charge is -2.13. The Labute approximate surface area is 181 Å². The van der Waals surface area contributed by atoms with Crippen LogP contribution in [0.4, 0.5) is 0 Å². The van der Waals surface area contributed by atoms with Crippen molar-refractivity contribution in [2.24, 2.45) is 0 Å². The Morgan fingerprint density at radius 1 is 0.935 bits per heavy atom. The number of nitrogens with zero attached hydrogens (tertiary/aromatic N) is 2. The molecule has 0 aromatic heterocycles. The maximum absolute atomic E-state index is 12.6. The molecule has 31 heavy (non-hydrogen) atoms. The standard InChI is InChI=1S/C26H20N2O3/c1-2-30-25-15-19(14-23(17-28)26(29)20-8-4-3-5-9-20)12-13-24(25)31-18-22-11-7-6-10-21(22)16-27/h3-15H,2,18H2,1H3/b23-14+. The largest absolute Gasteiger partial charge is 0.490 e. The summed E-state index contributed by atoms with van der Waals surface area (Å²) >= 11 is 0. The number of nitriles is 2. The summed E-state index contributed by atoms with van der Waals surface area (Å²) in [5.74, 6) is 0.671. The zero-order valence-electron chi connectivity index (χ0n) is 17.0. The van der Waals surface area contributed by atoms with E-state index in [2.05, 4.69) is 6.07 Å². The number of hydrogen-bond donors (Lipinski definition) is 0. The fourth-order valence-electron chi connectivity index (χ4n) is 2.97. The van der Waals surface area contributed by atoms with Crippen LogP contribution in [-0.4, -0.2) is 12.4 Å². The van der Waals surface area contributed by atoms with Gasteiger partial charge in [-0.2, -0.15) is 10.5 Å². The number of benzene rings is 3. The second-order valence-corrected chi connectivity index (χ2v) is 6.56. The number of rotatable bonds is 8. The maximum atomic E-state index is 12.6. The highest BCUT2D eigenvalue weighted by Gasteiger charge is 2.13. The maximum Gasteiger partial charge on any atom is 0.203 e. The Kier molecular flexibility index (Phi) is 7.19. The molecule has 0 heterocycles. The van der Waals surface area contributed by atoms with Crippen molar-refractivity contribution in [3.8, 4) is 23.6 Å². The predicted octanol–water partition coefficient (Wildman–Crippen LogP) is 5.33. The topological polar surface area (TPSA) is 83.1 Å². The van der Waals surface area contributed by atoms with E-state index in [0.29, 0.717) is 34.8 Å². The van der Waals surface area contributed by atoms with Gasteiger partial charge in [0.2, 0.25) is 5.78 Å². The van der Waals surface area contributed by atoms with Gasteiger partial charge in [-0.1, -0.05) is 54.6 Å². The SMILES string of the molecule is CCOc1cc(/C=C(\C#N)C(=O)c2ccccc2)ccc1OCc1ccccc1C#N. The van der Waals surface area contributed by atoms with E-state index in [1.807, 2.05) is 31.2 Å².